The number of amides is 1. The standard InChI is InChI=1S/C15H13FN2O6/c1-17(15(19)20)14-8-10(3-4-13(14)18(21)22)24-12-6-9(16)5-11(7-12)23-2/h3-8H,1-2H3,(H,19,20). The highest BCUT2D eigenvalue weighted by atomic mass is 19.1. The van der Waals surface area contributed by atoms with E-state index in [-0.39, 0.29) is 22.9 Å². The molecule has 2 aromatic carbocycles. The number of carbonyl (C=O) groups is 1. The summed E-state index contributed by atoms with van der Waals surface area (Å²) < 4.78 is 23.8. The van der Waals surface area contributed by atoms with Crippen LogP contribution in [0.15, 0.2) is 36.4 Å². The van der Waals surface area contributed by atoms with E-state index in [9.17, 15) is 19.3 Å². The Kier molecular flexibility index (Phi) is 4.83. The minimum Gasteiger partial charge on any atom is -0.497 e. The Morgan fingerprint density at radius 3 is 2.46 bits per heavy atom. The molecule has 1 N–H and O–H groups in total. The molecular weight excluding hydrogens is 323 g/mol. The number of nitro groups is 1. The molecule has 0 aromatic heterocycles. The van der Waals surface area contributed by atoms with Crippen molar-refractivity contribution in [2.45, 2.75) is 0 Å². The molecule has 0 unspecified atom stereocenters. The lowest BCUT2D eigenvalue weighted by molar-refractivity contribution is -0.384. The Labute approximate surface area is 135 Å². The summed E-state index contributed by atoms with van der Waals surface area (Å²) in [6.45, 7) is 0. The van der Waals surface area contributed by atoms with Gasteiger partial charge < -0.3 is 14.6 Å². The van der Waals surface area contributed by atoms with Crippen LogP contribution in [-0.2, 0) is 0 Å². The molecule has 0 fully saturated rings. The predicted molar refractivity (Wildman–Crippen MR) is 82.6 cm³/mol. The second-order valence-electron chi connectivity index (χ2n) is 4.68. The molecular formula is C15H13FN2O6. The van der Waals surface area contributed by atoms with Gasteiger partial charge in [-0.15, -0.1) is 0 Å². The van der Waals surface area contributed by atoms with Crippen LogP contribution in [-0.4, -0.2) is 30.3 Å². The van der Waals surface area contributed by atoms with Crippen LogP contribution in [0.5, 0.6) is 17.2 Å². The minimum absolute atomic E-state index is 0.102. The van der Waals surface area contributed by atoms with Crippen molar-refractivity contribution in [2.75, 3.05) is 19.1 Å². The van der Waals surface area contributed by atoms with Crippen LogP contribution in [0.3, 0.4) is 0 Å². The molecule has 8 nitrogen and oxygen atoms in total. The number of nitrogens with zero attached hydrogens (tertiary/aromatic N) is 2. The normalized spacial score (nSPS) is 10.1. The van der Waals surface area contributed by atoms with Gasteiger partial charge >= 0.3 is 6.09 Å². The predicted octanol–water partition coefficient (Wildman–Crippen LogP) is 3.65. The first-order chi connectivity index (χ1) is 11.3. The SMILES string of the molecule is COc1cc(F)cc(Oc2ccc([N+](=O)[O-])c(N(C)C(=O)O)c2)c1. The lowest BCUT2D eigenvalue weighted by atomic mass is 10.2. The number of carboxylic acid groups (broad SMARTS) is 1. The number of anilines is 1. The zero-order chi connectivity index (χ0) is 17.9. The topological polar surface area (TPSA) is 102 Å². The van der Waals surface area contributed by atoms with Crippen LogP contribution < -0.4 is 14.4 Å². The summed E-state index contributed by atoms with van der Waals surface area (Å²) >= 11 is 0. The number of methoxy groups -OCH3 is 1. The summed E-state index contributed by atoms with van der Waals surface area (Å²) in [6, 6.07) is 7.26. The van der Waals surface area contributed by atoms with E-state index in [0.717, 1.165) is 18.2 Å². The maximum atomic E-state index is 13.5. The zero-order valence-electron chi connectivity index (χ0n) is 12.7. The fraction of sp³-hybridized carbons (Fsp3) is 0.133. The van der Waals surface area contributed by atoms with Crippen LogP contribution in [0.25, 0.3) is 0 Å². The van der Waals surface area contributed by atoms with E-state index < -0.39 is 22.5 Å². The van der Waals surface area contributed by atoms with Gasteiger partial charge in [0.05, 0.1) is 12.0 Å². The molecule has 0 aliphatic rings. The highest BCUT2D eigenvalue weighted by molar-refractivity contribution is 5.89. The molecule has 0 radical (unpaired) electrons. The lowest BCUT2D eigenvalue weighted by Gasteiger charge is -2.15. The third-order valence-corrected chi connectivity index (χ3v) is 3.11. The van der Waals surface area contributed by atoms with E-state index in [1.165, 1.54) is 32.4 Å². The van der Waals surface area contributed by atoms with Crippen molar-refractivity contribution >= 4 is 17.5 Å². The monoisotopic (exact) mass is 336 g/mol. The number of ether oxygens (including phenoxy) is 2. The van der Waals surface area contributed by atoms with Gasteiger partial charge in [0.15, 0.2) is 0 Å². The molecule has 0 spiro atoms. The number of rotatable bonds is 5. The van der Waals surface area contributed by atoms with Gasteiger partial charge in [-0.2, -0.15) is 0 Å². The van der Waals surface area contributed by atoms with Gasteiger partial charge in [-0.1, -0.05) is 0 Å². The van der Waals surface area contributed by atoms with Crippen molar-refractivity contribution in [3.05, 3.63) is 52.3 Å². The Balaban J connectivity index is 2.41. The Bertz CT molecular complexity index is 796. The Morgan fingerprint density at radius 2 is 1.88 bits per heavy atom. The van der Waals surface area contributed by atoms with Crippen molar-refractivity contribution in [1.29, 1.82) is 0 Å². The number of nitro benzene ring substituents is 1. The van der Waals surface area contributed by atoms with E-state index >= 15 is 0 Å². The highest BCUT2D eigenvalue weighted by Crippen LogP contribution is 2.34. The molecule has 126 valence electrons. The smallest absolute Gasteiger partial charge is 0.411 e. The highest BCUT2D eigenvalue weighted by Gasteiger charge is 2.22. The molecule has 0 aliphatic heterocycles. The van der Waals surface area contributed by atoms with E-state index in [1.54, 1.807) is 0 Å². The van der Waals surface area contributed by atoms with Gasteiger partial charge in [-0.3, -0.25) is 15.0 Å². The average molecular weight is 336 g/mol. The van der Waals surface area contributed by atoms with Gasteiger partial charge in [0.25, 0.3) is 5.69 Å². The molecule has 0 saturated carbocycles. The second-order valence-corrected chi connectivity index (χ2v) is 4.68. The van der Waals surface area contributed by atoms with E-state index in [2.05, 4.69) is 0 Å². The van der Waals surface area contributed by atoms with Gasteiger partial charge in [0.1, 0.15) is 28.8 Å². The lowest BCUT2D eigenvalue weighted by Crippen LogP contribution is -2.24. The molecule has 24 heavy (non-hydrogen) atoms. The fourth-order valence-corrected chi connectivity index (χ4v) is 1.94. The average Bonchev–Trinajstić information content (AvgIpc) is 2.53. The van der Waals surface area contributed by atoms with Crippen molar-refractivity contribution < 1.29 is 28.7 Å². The first kappa shape index (κ1) is 17.0. The molecule has 0 bridgehead atoms. The van der Waals surface area contributed by atoms with Crippen LogP contribution in [0.2, 0.25) is 0 Å². The summed E-state index contributed by atoms with van der Waals surface area (Å²) in [7, 11) is 2.53. The van der Waals surface area contributed by atoms with Crippen LogP contribution in [0.1, 0.15) is 0 Å². The van der Waals surface area contributed by atoms with Crippen LogP contribution in [0.4, 0.5) is 20.6 Å². The molecule has 0 saturated heterocycles. The summed E-state index contributed by atoms with van der Waals surface area (Å²) in [5, 5.41) is 20.0. The largest absolute Gasteiger partial charge is 0.497 e. The number of hydrogen-bond acceptors (Lipinski definition) is 5. The van der Waals surface area contributed by atoms with Crippen molar-refractivity contribution in [2.24, 2.45) is 0 Å². The quantitative estimate of drug-likeness (QED) is 0.660. The van der Waals surface area contributed by atoms with E-state index in [1.807, 2.05) is 0 Å². The minimum atomic E-state index is -1.37. The van der Waals surface area contributed by atoms with Gasteiger partial charge in [-0.05, 0) is 6.07 Å². The van der Waals surface area contributed by atoms with E-state index in [4.69, 9.17) is 14.6 Å². The third kappa shape index (κ3) is 3.69. The number of halogens is 1. The maximum absolute atomic E-state index is 13.5. The first-order valence-electron chi connectivity index (χ1n) is 6.59. The van der Waals surface area contributed by atoms with Gasteiger partial charge in [0, 0.05) is 37.4 Å². The summed E-state index contributed by atoms with van der Waals surface area (Å²) in [5.74, 6) is -0.148. The van der Waals surface area contributed by atoms with E-state index in [0.29, 0.717) is 4.90 Å². The molecule has 0 atom stereocenters. The van der Waals surface area contributed by atoms with Gasteiger partial charge in [-0.25, -0.2) is 9.18 Å². The fourth-order valence-electron chi connectivity index (χ4n) is 1.94. The molecule has 0 heterocycles. The zero-order valence-corrected chi connectivity index (χ0v) is 12.7. The number of hydrogen-bond donors (Lipinski definition) is 1. The third-order valence-electron chi connectivity index (χ3n) is 3.11. The number of benzene rings is 2. The van der Waals surface area contributed by atoms with Crippen LogP contribution in [0, 0.1) is 15.9 Å². The Hall–Kier alpha value is -3.36. The van der Waals surface area contributed by atoms with Crippen molar-refractivity contribution in [3.8, 4) is 17.2 Å². The molecule has 1 amide bonds. The van der Waals surface area contributed by atoms with Crippen molar-refractivity contribution in [1.82, 2.24) is 0 Å². The Morgan fingerprint density at radius 1 is 1.21 bits per heavy atom. The summed E-state index contributed by atoms with van der Waals surface area (Å²) in [6.07, 6.45) is -1.37. The second kappa shape index (κ2) is 6.82. The van der Waals surface area contributed by atoms with Crippen molar-refractivity contribution in [3.63, 3.8) is 0 Å². The molecule has 2 rings (SSSR count). The molecule has 0 aliphatic carbocycles. The van der Waals surface area contributed by atoms with Gasteiger partial charge in [0.2, 0.25) is 0 Å². The molecule has 2 aromatic rings. The summed E-state index contributed by atoms with van der Waals surface area (Å²) in [5.41, 5.74) is -0.572. The van der Waals surface area contributed by atoms with Crippen LogP contribution >= 0.6 is 0 Å². The maximum Gasteiger partial charge on any atom is 0.411 e. The summed E-state index contributed by atoms with van der Waals surface area (Å²) in [4.78, 5) is 22.1. The first-order valence-corrected chi connectivity index (χ1v) is 6.59. The molecule has 9 heteroatoms.